The molecule has 0 aromatic carbocycles. The van der Waals surface area contributed by atoms with Crippen LogP contribution in [0.1, 0.15) is 19.8 Å². The zero-order valence-corrected chi connectivity index (χ0v) is 12.3. The summed E-state index contributed by atoms with van der Waals surface area (Å²) in [7, 11) is 3.40. The molecule has 0 N–H and O–H groups in total. The lowest BCUT2D eigenvalue weighted by Gasteiger charge is -2.08. The van der Waals surface area contributed by atoms with Gasteiger partial charge in [-0.1, -0.05) is 17.8 Å². The minimum Gasteiger partial charge on any atom is -0.327 e. The van der Waals surface area contributed by atoms with Gasteiger partial charge in [-0.15, -0.1) is 6.58 Å². The minimum absolute atomic E-state index is 0.148. The Morgan fingerprint density at radius 1 is 1.42 bits per heavy atom. The van der Waals surface area contributed by atoms with Gasteiger partial charge in [0.1, 0.15) is 10.2 Å². The maximum Gasteiger partial charge on any atom is 0.330 e. The van der Waals surface area contributed by atoms with Gasteiger partial charge in [0.2, 0.25) is 0 Å². The lowest BCUT2D eigenvalue weighted by molar-refractivity contribution is 0.649. The Kier molecular flexibility index (Phi) is 3.71. The van der Waals surface area contributed by atoms with E-state index in [1.54, 1.807) is 20.4 Å². The molecule has 0 aliphatic rings. The molecule has 0 aliphatic carbocycles. The third-order valence-corrected chi connectivity index (χ3v) is 3.69. The van der Waals surface area contributed by atoms with Crippen molar-refractivity contribution in [2.75, 3.05) is 0 Å². The van der Waals surface area contributed by atoms with Gasteiger partial charge in [-0.3, -0.25) is 9.13 Å². The van der Waals surface area contributed by atoms with Gasteiger partial charge in [0.15, 0.2) is 5.65 Å². The lowest BCUT2D eigenvalue weighted by Crippen LogP contribution is -2.28. The van der Waals surface area contributed by atoms with Crippen molar-refractivity contribution >= 4 is 23.4 Å². The van der Waals surface area contributed by atoms with Gasteiger partial charge in [-0.25, -0.2) is 9.78 Å². The molecule has 5 nitrogen and oxygen atoms in total. The number of hydrogen-bond donors (Lipinski definition) is 0. The fourth-order valence-corrected chi connectivity index (χ4v) is 2.40. The highest BCUT2D eigenvalue weighted by Gasteiger charge is 2.11. The number of nitrogens with zero attached hydrogens (tertiary/aromatic N) is 4. The van der Waals surface area contributed by atoms with Crippen LogP contribution in [0.3, 0.4) is 0 Å². The van der Waals surface area contributed by atoms with Crippen LogP contribution in [0.4, 0.5) is 0 Å². The lowest BCUT2D eigenvalue weighted by atomic mass is 10.2. The minimum atomic E-state index is -0.148. The standard InChI is InChI=1S/C13H18N4OS/c1-9(2)6-5-7-17-8-14-11-10(17)12(19)16(4)13(18)15(11)3/h8H,1,5-7H2,2-4H3. The molecule has 0 unspecified atom stereocenters. The van der Waals surface area contributed by atoms with Gasteiger partial charge >= 0.3 is 5.69 Å². The van der Waals surface area contributed by atoms with E-state index in [2.05, 4.69) is 11.6 Å². The van der Waals surface area contributed by atoms with E-state index < -0.39 is 0 Å². The summed E-state index contributed by atoms with van der Waals surface area (Å²) < 4.78 is 5.56. The van der Waals surface area contributed by atoms with Gasteiger partial charge in [0.25, 0.3) is 0 Å². The van der Waals surface area contributed by atoms with Crippen LogP contribution in [0, 0.1) is 4.64 Å². The summed E-state index contributed by atoms with van der Waals surface area (Å²) in [5.41, 5.74) is 2.51. The average Bonchev–Trinajstić information content (AvgIpc) is 2.77. The smallest absolute Gasteiger partial charge is 0.327 e. The normalized spacial score (nSPS) is 11.1. The third kappa shape index (κ3) is 2.40. The Labute approximate surface area is 116 Å². The molecule has 0 fully saturated rings. The zero-order chi connectivity index (χ0) is 14.2. The number of allylic oxidation sites excluding steroid dienone is 1. The molecule has 19 heavy (non-hydrogen) atoms. The summed E-state index contributed by atoms with van der Waals surface area (Å²) in [6.45, 7) is 6.75. The molecular formula is C13H18N4OS. The number of fused-ring (bicyclic) bond motifs is 1. The maximum absolute atomic E-state index is 11.9. The number of aromatic nitrogens is 4. The molecule has 0 radical (unpaired) electrons. The van der Waals surface area contributed by atoms with Crippen LogP contribution in [0.5, 0.6) is 0 Å². The molecule has 2 aromatic heterocycles. The molecule has 102 valence electrons. The molecule has 0 bridgehead atoms. The first-order valence-electron chi connectivity index (χ1n) is 6.18. The monoisotopic (exact) mass is 278 g/mol. The number of hydrogen-bond acceptors (Lipinski definition) is 3. The van der Waals surface area contributed by atoms with Crippen LogP contribution in [0.25, 0.3) is 11.2 Å². The van der Waals surface area contributed by atoms with Gasteiger partial charge in [-0.05, 0) is 19.8 Å². The number of aryl methyl sites for hydroxylation is 2. The Hall–Kier alpha value is -1.69. The van der Waals surface area contributed by atoms with Crippen molar-refractivity contribution in [2.24, 2.45) is 14.1 Å². The first-order valence-corrected chi connectivity index (χ1v) is 6.59. The first-order chi connectivity index (χ1) is 8.93. The van der Waals surface area contributed by atoms with Crippen LogP contribution in [-0.4, -0.2) is 18.7 Å². The highest BCUT2D eigenvalue weighted by molar-refractivity contribution is 7.71. The van der Waals surface area contributed by atoms with E-state index in [1.165, 1.54) is 14.7 Å². The molecule has 0 atom stereocenters. The van der Waals surface area contributed by atoms with Gasteiger partial charge in [0.05, 0.1) is 6.33 Å². The van der Waals surface area contributed by atoms with Crippen LogP contribution in [0.15, 0.2) is 23.3 Å². The molecular weight excluding hydrogens is 260 g/mol. The molecule has 0 saturated carbocycles. The zero-order valence-electron chi connectivity index (χ0n) is 11.5. The number of rotatable bonds is 4. The van der Waals surface area contributed by atoms with E-state index in [1.807, 2.05) is 11.5 Å². The van der Waals surface area contributed by atoms with Crippen molar-refractivity contribution < 1.29 is 0 Å². The summed E-state index contributed by atoms with van der Waals surface area (Å²) in [4.78, 5) is 16.2. The largest absolute Gasteiger partial charge is 0.330 e. The Bertz CT molecular complexity index is 750. The van der Waals surface area contributed by atoms with Crippen molar-refractivity contribution in [1.29, 1.82) is 0 Å². The Balaban J connectivity index is 2.51. The molecule has 0 spiro atoms. The van der Waals surface area contributed by atoms with Crippen molar-refractivity contribution in [2.45, 2.75) is 26.3 Å². The van der Waals surface area contributed by atoms with Crippen LogP contribution >= 0.6 is 12.2 Å². The quantitative estimate of drug-likeness (QED) is 0.636. The fourth-order valence-electron chi connectivity index (χ4n) is 2.12. The van der Waals surface area contributed by atoms with Crippen molar-refractivity contribution in [1.82, 2.24) is 18.7 Å². The second-order valence-corrected chi connectivity index (χ2v) is 5.26. The van der Waals surface area contributed by atoms with E-state index in [0.717, 1.165) is 24.9 Å². The molecule has 0 amide bonds. The van der Waals surface area contributed by atoms with Crippen LogP contribution in [0.2, 0.25) is 0 Å². The van der Waals surface area contributed by atoms with E-state index >= 15 is 0 Å². The predicted octanol–water partition coefficient (Wildman–Crippen LogP) is 2.16. The highest BCUT2D eigenvalue weighted by atomic mass is 32.1. The summed E-state index contributed by atoms with van der Waals surface area (Å²) >= 11 is 5.36. The second kappa shape index (κ2) is 5.13. The molecule has 6 heteroatoms. The number of imidazole rings is 1. The molecule has 2 aromatic rings. The predicted molar refractivity (Wildman–Crippen MR) is 78.8 cm³/mol. The molecule has 2 heterocycles. The average molecular weight is 278 g/mol. The van der Waals surface area contributed by atoms with Crippen molar-refractivity contribution in [3.8, 4) is 0 Å². The summed E-state index contributed by atoms with van der Waals surface area (Å²) in [6, 6.07) is 0. The molecule has 0 aliphatic heterocycles. The second-order valence-electron chi connectivity index (χ2n) is 4.88. The van der Waals surface area contributed by atoms with E-state index in [4.69, 9.17) is 12.2 Å². The molecule has 0 saturated heterocycles. The summed E-state index contributed by atoms with van der Waals surface area (Å²) in [5, 5.41) is 0. The molecule has 2 rings (SSSR count). The van der Waals surface area contributed by atoms with Gasteiger partial charge in [0, 0.05) is 20.6 Å². The van der Waals surface area contributed by atoms with Crippen molar-refractivity contribution in [3.05, 3.63) is 33.6 Å². The van der Waals surface area contributed by atoms with Gasteiger partial charge in [-0.2, -0.15) is 0 Å². The fraction of sp³-hybridized carbons (Fsp3) is 0.462. The van der Waals surface area contributed by atoms with Gasteiger partial charge < -0.3 is 4.57 Å². The Morgan fingerprint density at radius 2 is 2.11 bits per heavy atom. The Morgan fingerprint density at radius 3 is 2.74 bits per heavy atom. The van der Waals surface area contributed by atoms with E-state index in [-0.39, 0.29) is 5.69 Å². The third-order valence-electron chi connectivity index (χ3n) is 3.22. The summed E-state index contributed by atoms with van der Waals surface area (Å²) in [6.07, 6.45) is 3.71. The van der Waals surface area contributed by atoms with Crippen LogP contribution in [-0.2, 0) is 20.6 Å². The maximum atomic E-state index is 11.9. The highest BCUT2D eigenvalue weighted by Crippen LogP contribution is 2.13. The van der Waals surface area contributed by atoms with E-state index in [0.29, 0.717) is 10.3 Å². The van der Waals surface area contributed by atoms with Crippen molar-refractivity contribution in [3.63, 3.8) is 0 Å². The van der Waals surface area contributed by atoms with Crippen LogP contribution < -0.4 is 5.69 Å². The van der Waals surface area contributed by atoms with E-state index in [9.17, 15) is 4.79 Å². The SMILES string of the molecule is C=C(C)CCCn1cnc2c1c(=S)n(C)c(=O)n2C. The summed E-state index contributed by atoms with van der Waals surface area (Å²) in [5.74, 6) is 0. The topological polar surface area (TPSA) is 44.8 Å². The first kappa shape index (κ1) is 13.7.